The summed E-state index contributed by atoms with van der Waals surface area (Å²) in [5.74, 6) is -0.250. The van der Waals surface area contributed by atoms with Gasteiger partial charge < -0.3 is 15.6 Å². The average Bonchev–Trinajstić information content (AvgIpc) is 2.51. The van der Waals surface area contributed by atoms with Gasteiger partial charge in [-0.1, -0.05) is 37.3 Å². The van der Waals surface area contributed by atoms with E-state index < -0.39 is 6.04 Å². The van der Waals surface area contributed by atoms with Crippen molar-refractivity contribution in [3.05, 3.63) is 64.1 Å². The number of nitrogens with one attached hydrogen (secondary N) is 1. The molecular weight excluding hydrogens is 310 g/mol. The molecule has 1 aromatic carbocycles. The first-order valence-electron chi connectivity index (χ1n) is 7.32. The van der Waals surface area contributed by atoms with Crippen LogP contribution < -0.4 is 16.6 Å². The fourth-order valence-electron chi connectivity index (χ4n) is 2.34. The fourth-order valence-corrected chi connectivity index (χ4v) is 2.47. The molecule has 0 bridgehead atoms. The maximum Gasteiger partial charge on any atom is 0.251 e. The Morgan fingerprint density at radius 3 is 2.74 bits per heavy atom. The van der Waals surface area contributed by atoms with Crippen LogP contribution in [-0.2, 0) is 4.79 Å². The Balaban J connectivity index is 2.27. The number of hydrogen-bond acceptors (Lipinski definition) is 3. The largest absolute Gasteiger partial charge is 0.389 e. The number of pyridine rings is 1. The number of carbonyl (C=O) groups excluding carboxylic acids is 1. The van der Waals surface area contributed by atoms with E-state index in [0.717, 1.165) is 5.56 Å². The van der Waals surface area contributed by atoms with Crippen LogP contribution in [0.3, 0.4) is 0 Å². The molecule has 0 aliphatic carbocycles. The van der Waals surface area contributed by atoms with E-state index in [2.05, 4.69) is 5.32 Å². The van der Waals surface area contributed by atoms with Gasteiger partial charge in [0.25, 0.3) is 5.56 Å². The van der Waals surface area contributed by atoms with Crippen molar-refractivity contribution in [2.24, 2.45) is 5.73 Å². The summed E-state index contributed by atoms with van der Waals surface area (Å²) in [6.07, 6.45) is 2.20. The van der Waals surface area contributed by atoms with Crippen LogP contribution in [0.1, 0.15) is 30.5 Å². The summed E-state index contributed by atoms with van der Waals surface area (Å²) >= 11 is 4.94. The number of nitrogens with zero attached hydrogens (tertiary/aromatic N) is 1. The van der Waals surface area contributed by atoms with Crippen LogP contribution in [0.15, 0.2) is 47.4 Å². The topological polar surface area (TPSA) is 77.1 Å². The number of carbonyl (C=O) groups is 1. The molecule has 3 N–H and O–H groups in total. The molecule has 2 rings (SSSR count). The van der Waals surface area contributed by atoms with Crippen molar-refractivity contribution >= 4 is 28.8 Å². The van der Waals surface area contributed by atoms with Crippen molar-refractivity contribution < 1.29 is 4.79 Å². The molecule has 2 aromatic rings. The molecule has 1 unspecified atom stereocenters. The molecule has 0 saturated heterocycles. The van der Waals surface area contributed by atoms with Gasteiger partial charge in [0.05, 0.1) is 0 Å². The molecule has 5 nitrogen and oxygen atoms in total. The molecule has 0 radical (unpaired) electrons. The molecule has 120 valence electrons. The Morgan fingerprint density at radius 1 is 1.35 bits per heavy atom. The van der Waals surface area contributed by atoms with Gasteiger partial charge in [0, 0.05) is 23.5 Å². The molecule has 1 aromatic heterocycles. The van der Waals surface area contributed by atoms with Gasteiger partial charge in [-0.05, 0) is 31.0 Å². The molecule has 6 heteroatoms. The lowest BCUT2D eigenvalue weighted by Crippen LogP contribution is -2.32. The second-order valence-electron chi connectivity index (χ2n) is 5.31. The predicted molar refractivity (Wildman–Crippen MR) is 95.7 cm³/mol. The van der Waals surface area contributed by atoms with E-state index in [1.807, 2.05) is 13.8 Å². The third kappa shape index (κ3) is 4.04. The normalized spacial score (nSPS) is 11.7. The molecule has 0 aliphatic heterocycles. The van der Waals surface area contributed by atoms with Crippen LogP contribution in [0, 0.1) is 6.92 Å². The van der Waals surface area contributed by atoms with Gasteiger partial charge in [0.1, 0.15) is 11.0 Å². The molecule has 0 saturated carbocycles. The number of amides is 1. The molecule has 0 fully saturated rings. The molecule has 1 heterocycles. The highest BCUT2D eigenvalue weighted by atomic mass is 32.1. The zero-order chi connectivity index (χ0) is 17.0. The third-order valence-electron chi connectivity index (χ3n) is 3.53. The Hall–Kier alpha value is -2.47. The summed E-state index contributed by atoms with van der Waals surface area (Å²) in [5, 5.41) is 2.82. The fraction of sp³-hybridized carbons (Fsp3) is 0.235. The lowest BCUT2D eigenvalue weighted by molar-refractivity contribution is -0.119. The van der Waals surface area contributed by atoms with Crippen LogP contribution in [0.5, 0.6) is 0 Å². The Labute approximate surface area is 140 Å². The molecular formula is C17H19N3O2S. The van der Waals surface area contributed by atoms with Gasteiger partial charge in [-0.3, -0.25) is 9.59 Å². The van der Waals surface area contributed by atoms with Crippen molar-refractivity contribution in [1.82, 2.24) is 4.57 Å². The number of aromatic nitrogens is 1. The van der Waals surface area contributed by atoms with Crippen LogP contribution >= 0.6 is 12.2 Å². The SMILES string of the molecule is CCC(C(=O)Nc1cccc(C(N)=S)c1)n1cc(C)ccc1=O. The van der Waals surface area contributed by atoms with Gasteiger partial charge in [0.2, 0.25) is 5.91 Å². The summed E-state index contributed by atoms with van der Waals surface area (Å²) in [6.45, 7) is 3.75. The van der Waals surface area contributed by atoms with Crippen LogP contribution in [0.4, 0.5) is 5.69 Å². The van der Waals surface area contributed by atoms with Crippen molar-refractivity contribution in [3.63, 3.8) is 0 Å². The highest BCUT2D eigenvalue weighted by Gasteiger charge is 2.19. The summed E-state index contributed by atoms with van der Waals surface area (Å²) in [5.41, 5.74) is 7.60. The first-order valence-corrected chi connectivity index (χ1v) is 7.72. The van der Waals surface area contributed by atoms with E-state index in [9.17, 15) is 9.59 Å². The minimum atomic E-state index is -0.573. The molecule has 23 heavy (non-hydrogen) atoms. The number of aryl methyl sites for hydroxylation is 1. The number of rotatable bonds is 5. The number of nitrogens with two attached hydrogens (primary N) is 1. The van der Waals surface area contributed by atoms with Gasteiger partial charge in [-0.2, -0.15) is 0 Å². The highest BCUT2D eigenvalue weighted by molar-refractivity contribution is 7.80. The van der Waals surface area contributed by atoms with Gasteiger partial charge in [-0.15, -0.1) is 0 Å². The smallest absolute Gasteiger partial charge is 0.251 e. The second-order valence-corrected chi connectivity index (χ2v) is 5.75. The van der Waals surface area contributed by atoms with Crippen LogP contribution in [0.2, 0.25) is 0 Å². The van der Waals surface area contributed by atoms with E-state index in [0.29, 0.717) is 17.7 Å². The summed E-state index contributed by atoms with van der Waals surface area (Å²) < 4.78 is 1.46. The Morgan fingerprint density at radius 2 is 2.09 bits per heavy atom. The highest BCUT2D eigenvalue weighted by Crippen LogP contribution is 2.16. The van der Waals surface area contributed by atoms with E-state index >= 15 is 0 Å². The number of benzene rings is 1. The van der Waals surface area contributed by atoms with Gasteiger partial charge in [0.15, 0.2) is 0 Å². The Bertz CT molecular complexity index is 798. The van der Waals surface area contributed by atoms with E-state index in [1.54, 1.807) is 36.5 Å². The monoisotopic (exact) mass is 329 g/mol. The summed E-state index contributed by atoms with van der Waals surface area (Å²) in [4.78, 5) is 24.8. The van der Waals surface area contributed by atoms with E-state index in [-0.39, 0.29) is 16.5 Å². The maximum atomic E-state index is 12.6. The first kappa shape index (κ1) is 16.9. The summed E-state index contributed by atoms with van der Waals surface area (Å²) in [7, 11) is 0. The zero-order valence-corrected chi connectivity index (χ0v) is 13.9. The number of thiocarbonyl (C=S) groups is 1. The van der Waals surface area contributed by atoms with Crippen molar-refractivity contribution in [3.8, 4) is 0 Å². The Kier molecular flexibility index (Phi) is 5.28. The van der Waals surface area contributed by atoms with E-state index in [4.69, 9.17) is 18.0 Å². The maximum absolute atomic E-state index is 12.6. The van der Waals surface area contributed by atoms with Gasteiger partial charge in [-0.25, -0.2) is 0 Å². The number of hydrogen-bond donors (Lipinski definition) is 2. The quantitative estimate of drug-likeness (QED) is 0.826. The minimum Gasteiger partial charge on any atom is -0.389 e. The van der Waals surface area contributed by atoms with Gasteiger partial charge >= 0.3 is 0 Å². The lowest BCUT2D eigenvalue weighted by Gasteiger charge is -2.18. The van der Waals surface area contributed by atoms with Crippen LogP contribution in [-0.4, -0.2) is 15.5 Å². The minimum absolute atomic E-state index is 0.200. The first-order chi connectivity index (χ1) is 10.9. The standard InChI is InChI=1S/C17H19N3O2S/c1-3-14(20-10-11(2)7-8-15(20)21)17(22)19-13-6-4-5-12(9-13)16(18)23/h4-10,14H,3H2,1-2H3,(H2,18,23)(H,19,22). The second kappa shape index (κ2) is 7.19. The molecule has 1 amide bonds. The number of anilines is 1. The third-order valence-corrected chi connectivity index (χ3v) is 3.76. The molecule has 1 atom stereocenters. The zero-order valence-electron chi connectivity index (χ0n) is 13.1. The van der Waals surface area contributed by atoms with E-state index in [1.165, 1.54) is 10.6 Å². The lowest BCUT2D eigenvalue weighted by atomic mass is 10.1. The summed E-state index contributed by atoms with van der Waals surface area (Å²) in [6, 6.07) is 9.64. The van der Waals surface area contributed by atoms with Crippen molar-refractivity contribution in [2.45, 2.75) is 26.3 Å². The molecule has 0 spiro atoms. The van der Waals surface area contributed by atoms with Crippen molar-refractivity contribution in [1.29, 1.82) is 0 Å². The molecule has 0 aliphatic rings. The predicted octanol–water partition coefficient (Wildman–Crippen LogP) is 2.38. The average molecular weight is 329 g/mol. The van der Waals surface area contributed by atoms with Crippen molar-refractivity contribution in [2.75, 3.05) is 5.32 Å². The van der Waals surface area contributed by atoms with Crippen LogP contribution in [0.25, 0.3) is 0 Å².